The molecule has 1 aromatic carbocycles. The number of ether oxygens (including phenoxy) is 3. The summed E-state index contributed by atoms with van der Waals surface area (Å²) in [7, 11) is 0. The average Bonchev–Trinajstić information content (AvgIpc) is 2.72. The van der Waals surface area contributed by atoms with Gasteiger partial charge in [-0.05, 0) is 43.3 Å². The number of morpholine rings is 1. The van der Waals surface area contributed by atoms with Crippen LogP contribution in [0.15, 0.2) is 48.7 Å². The normalized spacial score (nSPS) is 14.5. The van der Waals surface area contributed by atoms with Crippen LogP contribution >= 0.6 is 0 Å². The van der Waals surface area contributed by atoms with Gasteiger partial charge in [0, 0.05) is 31.9 Å². The van der Waals surface area contributed by atoms with Gasteiger partial charge in [0.15, 0.2) is 6.61 Å². The van der Waals surface area contributed by atoms with E-state index in [1.807, 2.05) is 12.1 Å². The predicted molar refractivity (Wildman–Crippen MR) is 101 cm³/mol. The van der Waals surface area contributed by atoms with Crippen LogP contribution < -0.4 is 14.8 Å². The van der Waals surface area contributed by atoms with Crippen molar-refractivity contribution in [2.24, 2.45) is 0 Å². The minimum atomic E-state index is -0.120. The first-order valence-corrected chi connectivity index (χ1v) is 9.18. The van der Waals surface area contributed by atoms with Crippen LogP contribution in [0.3, 0.4) is 0 Å². The molecule has 0 saturated carbocycles. The summed E-state index contributed by atoms with van der Waals surface area (Å²) in [6, 6.07) is 12.6. The highest BCUT2D eigenvalue weighted by Gasteiger charge is 2.09. The standard InChI is InChI=1S/C20H25N3O4/c24-19(21-10-3-11-23-12-14-25-15-13-23)16-26-17-5-7-18(8-6-17)27-20-4-1-2-9-22-20/h1-2,4-9H,3,10-16H2,(H,21,24). The van der Waals surface area contributed by atoms with Gasteiger partial charge in [0.25, 0.3) is 5.91 Å². The molecule has 7 nitrogen and oxygen atoms in total. The molecule has 0 atom stereocenters. The second kappa shape index (κ2) is 10.5. The Hall–Kier alpha value is -2.64. The monoisotopic (exact) mass is 371 g/mol. The minimum absolute atomic E-state index is 0.00199. The van der Waals surface area contributed by atoms with Crippen molar-refractivity contribution in [2.45, 2.75) is 6.42 Å². The smallest absolute Gasteiger partial charge is 0.257 e. The van der Waals surface area contributed by atoms with Crippen LogP contribution in [0.5, 0.6) is 17.4 Å². The Morgan fingerprint density at radius 3 is 2.63 bits per heavy atom. The molecule has 1 fully saturated rings. The van der Waals surface area contributed by atoms with Gasteiger partial charge in [0.2, 0.25) is 5.88 Å². The van der Waals surface area contributed by atoms with E-state index in [9.17, 15) is 4.79 Å². The Balaban J connectivity index is 1.31. The van der Waals surface area contributed by atoms with E-state index in [-0.39, 0.29) is 12.5 Å². The summed E-state index contributed by atoms with van der Waals surface area (Å²) < 4.78 is 16.4. The number of hydrogen-bond acceptors (Lipinski definition) is 6. The predicted octanol–water partition coefficient (Wildman–Crippen LogP) is 2.09. The molecule has 1 aliphatic heterocycles. The molecule has 27 heavy (non-hydrogen) atoms. The third kappa shape index (κ3) is 6.88. The quantitative estimate of drug-likeness (QED) is 0.681. The first-order valence-electron chi connectivity index (χ1n) is 9.18. The topological polar surface area (TPSA) is 72.9 Å². The summed E-state index contributed by atoms with van der Waals surface area (Å²) in [5.41, 5.74) is 0. The highest BCUT2D eigenvalue weighted by molar-refractivity contribution is 5.77. The van der Waals surface area contributed by atoms with E-state index in [1.165, 1.54) is 0 Å². The third-order valence-corrected chi connectivity index (χ3v) is 4.13. The van der Waals surface area contributed by atoms with Crippen LogP contribution in [-0.2, 0) is 9.53 Å². The second-order valence-electron chi connectivity index (χ2n) is 6.19. The van der Waals surface area contributed by atoms with Crippen LogP contribution in [0.1, 0.15) is 6.42 Å². The Labute approximate surface area is 159 Å². The Morgan fingerprint density at radius 2 is 1.89 bits per heavy atom. The summed E-state index contributed by atoms with van der Waals surface area (Å²) in [4.78, 5) is 18.3. The van der Waals surface area contributed by atoms with E-state index in [2.05, 4.69) is 15.2 Å². The Bertz CT molecular complexity index is 688. The fraction of sp³-hybridized carbons (Fsp3) is 0.400. The Kier molecular flexibility index (Phi) is 7.44. The summed E-state index contributed by atoms with van der Waals surface area (Å²) in [6.45, 7) is 5.16. The maximum absolute atomic E-state index is 11.9. The fourth-order valence-corrected chi connectivity index (χ4v) is 2.69. The van der Waals surface area contributed by atoms with Crippen LogP contribution in [-0.4, -0.2) is 61.8 Å². The van der Waals surface area contributed by atoms with Crippen LogP contribution in [0.25, 0.3) is 0 Å². The van der Waals surface area contributed by atoms with Gasteiger partial charge >= 0.3 is 0 Å². The van der Waals surface area contributed by atoms with Gasteiger partial charge in [-0.3, -0.25) is 9.69 Å². The number of carbonyl (C=O) groups is 1. The lowest BCUT2D eigenvalue weighted by Crippen LogP contribution is -2.38. The van der Waals surface area contributed by atoms with E-state index < -0.39 is 0 Å². The molecule has 1 aliphatic rings. The molecule has 0 bridgehead atoms. The summed E-state index contributed by atoms with van der Waals surface area (Å²) in [5, 5.41) is 2.88. The number of carbonyl (C=O) groups excluding carboxylic acids is 1. The van der Waals surface area contributed by atoms with E-state index in [4.69, 9.17) is 14.2 Å². The SMILES string of the molecule is O=C(COc1ccc(Oc2ccccn2)cc1)NCCCN1CCOCC1. The highest BCUT2D eigenvalue weighted by atomic mass is 16.5. The number of nitrogens with one attached hydrogen (secondary N) is 1. The first-order chi connectivity index (χ1) is 13.3. The zero-order valence-electron chi connectivity index (χ0n) is 15.3. The van der Waals surface area contributed by atoms with Crippen molar-refractivity contribution in [3.05, 3.63) is 48.7 Å². The van der Waals surface area contributed by atoms with Crippen molar-refractivity contribution in [1.29, 1.82) is 0 Å². The molecular weight excluding hydrogens is 346 g/mol. The summed E-state index contributed by atoms with van der Waals surface area (Å²) in [6.07, 6.45) is 2.59. The van der Waals surface area contributed by atoms with Crippen molar-refractivity contribution in [2.75, 3.05) is 46.0 Å². The fourth-order valence-electron chi connectivity index (χ4n) is 2.69. The molecule has 144 valence electrons. The van der Waals surface area contributed by atoms with E-state index in [0.717, 1.165) is 39.3 Å². The minimum Gasteiger partial charge on any atom is -0.484 e. The van der Waals surface area contributed by atoms with E-state index in [0.29, 0.717) is 23.9 Å². The molecule has 1 aromatic heterocycles. The Morgan fingerprint density at radius 1 is 1.11 bits per heavy atom. The maximum atomic E-state index is 11.9. The molecule has 3 rings (SSSR count). The van der Waals surface area contributed by atoms with Gasteiger partial charge in [-0.25, -0.2) is 4.98 Å². The summed E-state index contributed by atoms with van der Waals surface area (Å²) in [5.74, 6) is 1.69. The number of hydrogen-bond donors (Lipinski definition) is 1. The van der Waals surface area contributed by atoms with Crippen LogP contribution in [0.2, 0.25) is 0 Å². The van der Waals surface area contributed by atoms with Gasteiger partial charge in [-0.15, -0.1) is 0 Å². The maximum Gasteiger partial charge on any atom is 0.257 e. The second-order valence-corrected chi connectivity index (χ2v) is 6.19. The lowest BCUT2D eigenvalue weighted by atomic mass is 10.3. The van der Waals surface area contributed by atoms with Gasteiger partial charge in [0.1, 0.15) is 11.5 Å². The first kappa shape index (κ1) is 19.1. The molecule has 0 aliphatic carbocycles. The number of amides is 1. The zero-order valence-corrected chi connectivity index (χ0v) is 15.3. The molecule has 1 saturated heterocycles. The van der Waals surface area contributed by atoms with Crippen molar-refractivity contribution >= 4 is 5.91 Å². The van der Waals surface area contributed by atoms with Gasteiger partial charge < -0.3 is 19.5 Å². The number of rotatable bonds is 9. The lowest BCUT2D eigenvalue weighted by molar-refractivity contribution is -0.123. The van der Waals surface area contributed by atoms with Gasteiger partial charge in [-0.2, -0.15) is 0 Å². The van der Waals surface area contributed by atoms with E-state index >= 15 is 0 Å². The van der Waals surface area contributed by atoms with Crippen molar-refractivity contribution < 1.29 is 19.0 Å². The highest BCUT2D eigenvalue weighted by Crippen LogP contribution is 2.22. The van der Waals surface area contributed by atoms with Crippen molar-refractivity contribution in [1.82, 2.24) is 15.2 Å². The third-order valence-electron chi connectivity index (χ3n) is 4.13. The number of pyridine rings is 1. The number of nitrogens with zero attached hydrogens (tertiary/aromatic N) is 2. The van der Waals surface area contributed by atoms with Crippen LogP contribution in [0, 0.1) is 0 Å². The van der Waals surface area contributed by atoms with Crippen molar-refractivity contribution in [3.63, 3.8) is 0 Å². The number of aromatic nitrogens is 1. The van der Waals surface area contributed by atoms with E-state index in [1.54, 1.807) is 36.5 Å². The lowest BCUT2D eigenvalue weighted by Gasteiger charge is -2.26. The molecule has 0 radical (unpaired) electrons. The number of benzene rings is 1. The zero-order chi connectivity index (χ0) is 18.7. The van der Waals surface area contributed by atoms with Crippen molar-refractivity contribution in [3.8, 4) is 17.4 Å². The molecule has 1 amide bonds. The summed E-state index contributed by atoms with van der Waals surface area (Å²) >= 11 is 0. The van der Waals surface area contributed by atoms with Crippen LogP contribution in [0.4, 0.5) is 0 Å². The molecular formula is C20H25N3O4. The van der Waals surface area contributed by atoms with Gasteiger partial charge in [0.05, 0.1) is 13.2 Å². The molecule has 7 heteroatoms. The molecule has 0 unspecified atom stereocenters. The largest absolute Gasteiger partial charge is 0.484 e. The average molecular weight is 371 g/mol. The molecule has 0 spiro atoms. The molecule has 2 heterocycles. The molecule has 1 N–H and O–H groups in total. The molecule has 2 aromatic rings. The van der Waals surface area contributed by atoms with Gasteiger partial charge in [-0.1, -0.05) is 6.07 Å².